The zero-order valence-corrected chi connectivity index (χ0v) is 15.7. The molecular formula is C14H29IN6. The molecule has 1 aromatic heterocycles. The van der Waals surface area contributed by atoms with Gasteiger partial charge in [0.15, 0.2) is 5.96 Å². The number of hydrogen-bond acceptors (Lipinski definition) is 3. The second-order valence-electron chi connectivity index (χ2n) is 4.58. The molecule has 6 nitrogen and oxygen atoms in total. The standard InChI is InChI=1S/C14H28N6.HI/c1-4-19(5-2)13-10-17-14(15-3)16-8-6-11-20-12-7-9-18-20;/h7,9,12H,4-6,8,10-11,13H2,1-3H3,(H2,15,16,17);1H. The highest BCUT2D eigenvalue weighted by Gasteiger charge is 2.00. The first-order chi connectivity index (χ1) is 9.80. The van der Waals surface area contributed by atoms with Crippen molar-refractivity contribution in [3.05, 3.63) is 18.5 Å². The lowest BCUT2D eigenvalue weighted by Crippen LogP contribution is -2.42. The minimum atomic E-state index is 0. The molecule has 0 aliphatic carbocycles. The van der Waals surface area contributed by atoms with Gasteiger partial charge in [-0.05, 0) is 25.6 Å². The number of guanidine groups is 1. The average Bonchev–Trinajstić information content (AvgIpc) is 2.99. The molecule has 0 unspecified atom stereocenters. The van der Waals surface area contributed by atoms with Crippen LogP contribution < -0.4 is 10.6 Å². The first-order valence-electron chi connectivity index (χ1n) is 7.44. The van der Waals surface area contributed by atoms with Gasteiger partial charge in [-0.25, -0.2) is 0 Å². The fourth-order valence-electron chi connectivity index (χ4n) is 1.97. The summed E-state index contributed by atoms with van der Waals surface area (Å²) in [6, 6.07) is 1.95. The number of hydrogen-bond donors (Lipinski definition) is 2. The molecule has 0 saturated carbocycles. The molecule has 1 rings (SSSR count). The van der Waals surface area contributed by atoms with E-state index in [1.54, 1.807) is 13.2 Å². The van der Waals surface area contributed by atoms with E-state index in [-0.39, 0.29) is 24.0 Å². The summed E-state index contributed by atoms with van der Waals surface area (Å²) in [4.78, 5) is 6.61. The van der Waals surface area contributed by atoms with Crippen LogP contribution in [0.15, 0.2) is 23.5 Å². The molecule has 21 heavy (non-hydrogen) atoms. The molecule has 0 aliphatic rings. The van der Waals surface area contributed by atoms with E-state index >= 15 is 0 Å². The van der Waals surface area contributed by atoms with Gasteiger partial charge in [0.1, 0.15) is 0 Å². The molecule has 0 fully saturated rings. The van der Waals surface area contributed by atoms with Crippen molar-refractivity contribution in [3.8, 4) is 0 Å². The van der Waals surface area contributed by atoms with Crippen LogP contribution in [0.2, 0.25) is 0 Å². The highest BCUT2D eigenvalue weighted by molar-refractivity contribution is 14.0. The van der Waals surface area contributed by atoms with Crippen molar-refractivity contribution in [1.29, 1.82) is 0 Å². The lowest BCUT2D eigenvalue weighted by molar-refractivity contribution is 0.308. The van der Waals surface area contributed by atoms with Crippen LogP contribution >= 0.6 is 24.0 Å². The quantitative estimate of drug-likeness (QED) is 0.281. The Labute approximate surface area is 145 Å². The monoisotopic (exact) mass is 408 g/mol. The number of nitrogens with one attached hydrogen (secondary N) is 2. The van der Waals surface area contributed by atoms with Crippen molar-refractivity contribution < 1.29 is 0 Å². The maximum absolute atomic E-state index is 4.22. The zero-order chi connectivity index (χ0) is 14.6. The lowest BCUT2D eigenvalue weighted by Gasteiger charge is -2.19. The van der Waals surface area contributed by atoms with E-state index < -0.39 is 0 Å². The van der Waals surface area contributed by atoms with Gasteiger partial charge in [-0.15, -0.1) is 24.0 Å². The third-order valence-electron chi connectivity index (χ3n) is 3.25. The summed E-state index contributed by atoms with van der Waals surface area (Å²) in [6.45, 7) is 10.3. The van der Waals surface area contributed by atoms with Crippen LogP contribution in [0.4, 0.5) is 0 Å². The molecule has 0 aromatic carbocycles. The van der Waals surface area contributed by atoms with Gasteiger partial charge >= 0.3 is 0 Å². The van der Waals surface area contributed by atoms with Crippen LogP contribution in [0, 0.1) is 0 Å². The molecule has 0 atom stereocenters. The third-order valence-corrected chi connectivity index (χ3v) is 3.25. The van der Waals surface area contributed by atoms with E-state index in [1.807, 2.05) is 16.9 Å². The first-order valence-corrected chi connectivity index (χ1v) is 7.44. The number of likely N-dealkylation sites (N-methyl/N-ethyl adjacent to an activating group) is 1. The summed E-state index contributed by atoms with van der Waals surface area (Å²) < 4.78 is 1.94. The van der Waals surface area contributed by atoms with Crippen molar-refractivity contribution in [2.24, 2.45) is 4.99 Å². The van der Waals surface area contributed by atoms with Gasteiger partial charge in [0.2, 0.25) is 0 Å². The van der Waals surface area contributed by atoms with E-state index in [1.165, 1.54) is 0 Å². The predicted octanol–water partition coefficient (Wildman–Crippen LogP) is 1.40. The van der Waals surface area contributed by atoms with Crippen LogP contribution in [-0.2, 0) is 6.54 Å². The fraction of sp³-hybridized carbons (Fsp3) is 0.714. The minimum absolute atomic E-state index is 0. The SMILES string of the molecule is CCN(CC)CCNC(=NC)NCCCn1cccn1.I. The molecule has 1 heterocycles. The number of aromatic nitrogens is 2. The molecule has 0 amide bonds. The Bertz CT molecular complexity index is 362. The van der Waals surface area contributed by atoms with Crippen LogP contribution in [0.3, 0.4) is 0 Å². The summed E-state index contributed by atoms with van der Waals surface area (Å²) >= 11 is 0. The van der Waals surface area contributed by atoms with Crippen molar-refractivity contribution in [1.82, 2.24) is 25.3 Å². The summed E-state index contributed by atoms with van der Waals surface area (Å²) in [5.74, 6) is 0.873. The topological polar surface area (TPSA) is 57.5 Å². The van der Waals surface area contributed by atoms with Crippen LogP contribution in [0.25, 0.3) is 0 Å². The Hall–Kier alpha value is -0.830. The number of nitrogens with zero attached hydrogens (tertiary/aromatic N) is 4. The first kappa shape index (κ1) is 20.2. The second-order valence-corrected chi connectivity index (χ2v) is 4.58. The average molecular weight is 408 g/mol. The third kappa shape index (κ3) is 8.92. The predicted molar refractivity (Wildman–Crippen MR) is 99.4 cm³/mol. The molecule has 0 aliphatic heterocycles. The summed E-state index contributed by atoms with van der Waals surface area (Å²) in [6.07, 6.45) is 4.82. The van der Waals surface area contributed by atoms with Gasteiger partial charge in [-0.2, -0.15) is 5.10 Å². The van der Waals surface area contributed by atoms with E-state index in [9.17, 15) is 0 Å². The Morgan fingerprint density at radius 2 is 1.95 bits per heavy atom. The molecule has 1 aromatic rings. The molecule has 0 radical (unpaired) electrons. The maximum atomic E-state index is 4.22. The van der Waals surface area contributed by atoms with Gasteiger partial charge in [0, 0.05) is 45.6 Å². The van der Waals surface area contributed by atoms with E-state index in [0.717, 1.165) is 51.6 Å². The second kappa shape index (κ2) is 12.9. The molecule has 0 spiro atoms. The molecule has 0 bridgehead atoms. The lowest BCUT2D eigenvalue weighted by atomic mass is 10.4. The van der Waals surface area contributed by atoms with Crippen LogP contribution in [-0.4, -0.2) is 60.4 Å². The van der Waals surface area contributed by atoms with E-state index in [2.05, 4.69) is 39.5 Å². The molecule has 0 saturated heterocycles. The van der Waals surface area contributed by atoms with Crippen molar-refractivity contribution in [3.63, 3.8) is 0 Å². The van der Waals surface area contributed by atoms with Gasteiger partial charge < -0.3 is 15.5 Å². The smallest absolute Gasteiger partial charge is 0.191 e. The minimum Gasteiger partial charge on any atom is -0.356 e. The van der Waals surface area contributed by atoms with Gasteiger partial charge in [-0.1, -0.05) is 13.8 Å². The van der Waals surface area contributed by atoms with Crippen molar-refractivity contribution >= 4 is 29.9 Å². The summed E-state index contributed by atoms with van der Waals surface area (Å²) in [5.41, 5.74) is 0. The number of rotatable bonds is 9. The highest BCUT2D eigenvalue weighted by atomic mass is 127. The van der Waals surface area contributed by atoms with Gasteiger partial charge in [0.05, 0.1) is 0 Å². The normalized spacial score (nSPS) is 11.3. The molecular weight excluding hydrogens is 379 g/mol. The van der Waals surface area contributed by atoms with Crippen LogP contribution in [0.5, 0.6) is 0 Å². The number of aryl methyl sites for hydroxylation is 1. The molecule has 122 valence electrons. The van der Waals surface area contributed by atoms with Gasteiger partial charge in [-0.3, -0.25) is 9.67 Å². The Morgan fingerprint density at radius 3 is 2.52 bits per heavy atom. The Kier molecular flexibility index (Phi) is 12.4. The van der Waals surface area contributed by atoms with Gasteiger partial charge in [0.25, 0.3) is 0 Å². The molecule has 7 heteroatoms. The Morgan fingerprint density at radius 1 is 1.24 bits per heavy atom. The zero-order valence-electron chi connectivity index (χ0n) is 13.4. The van der Waals surface area contributed by atoms with Crippen LogP contribution in [0.1, 0.15) is 20.3 Å². The number of halogens is 1. The van der Waals surface area contributed by atoms with Crippen molar-refractivity contribution in [2.75, 3.05) is 39.8 Å². The highest BCUT2D eigenvalue weighted by Crippen LogP contribution is 1.88. The largest absolute Gasteiger partial charge is 0.356 e. The van der Waals surface area contributed by atoms with E-state index in [4.69, 9.17) is 0 Å². The fourth-order valence-corrected chi connectivity index (χ4v) is 1.97. The maximum Gasteiger partial charge on any atom is 0.191 e. The number of aliphatic imine (C=N–C) groups is 1. The summed E-state index contributed by atoms with van der Waals surface area (Å²) in [7, 11) is 1.81. The summed E-state index contributed by atoms with van der Waals surface area (Å²) in [5, 5.41) is 10.8. The Balaban J connectivity index is 0.00000400. The molecule has 2 N–H and O–H groups in total. The van der Waals surface area contributed by atoms with E-state index in [0.29, 0.717) is 0 Å². The van der Waals surface area contributed by atoms with Crippen molar-refractivity contribution in [2.45, 2.75) is 26.8 Å².